The summed E-state index contributed by atoms with van der Waals surface area (Å²) in [6.45, 7) is 2.01. The summed E-state index contributed by atoms with van der Waals surface area (Å²) in [7, 11) is 0. The molecule has 0 bridgehead atoms. The van der Waals surface area contributed by atoms with Gasteiger partial charge < -0.3 is 5.32 Å². The van der Waals surface area contributed by atoms with Gasteiger partial charge in [0, 0.05) is 35.4 Å². The summed E-state index contributed by atoms with van der Waals surface area (Å²) in [6.07, 6.45) is 3.94. The Balaban J connectivity index is 1.95. The van der Waals surface area contributed by atoms with Crippen LogP contribution in [-0.2, 0) is 0 Å². The Morgan fingerprint density at radius 3 is 2.81 bits per heavy atom. The first-order chi connectivity index (χ1) is 7.84. The van der Waals surface area contributed by atoms with Gasteiger partial charge in [0.1, 0.15) is 0 Å². The van der Waals surface area contributed by atoms with Crippen LogP contribution in [0.2, 0.25) is 5.02 Å². The van der Waals surface area contributed by atoms with Gasteiger partial charge in [0.05, 0.1) is 12.2 Å². The Morgan fingerprint density at radius 2 is 2.12 bits per heavy atom. The molecule has 0 aliphatic carbocycles. The van der Waals surface area contributed by atoms with Crippen molar-refractivity contribution in [2.24, 2.45) is 0 Å². The van der Waals surface area contributed by atoms with Gasteiger partial charge in [0.2, 0.25) is 0 Å². The summed E-state index contributed by atoms with van der Waals surface area (Å²) in [5.41, 5.74) is 2.13. The Bertz CT molecular complexity index is 502. The molecule has 1 aliphatic rings. The lowest BCUT2D eigenvalue weighted by atomic mass is 10.1. The van der Waals surface area contributed by atoms with Gasteiger partial charge in [-0.2, -0.15) is 5.10 Å². The molecule has 2 aromatic rings. The molecule has 1 aromatic carbocycles. The van der Waals surface area contributed by atoms with Gasteiger partial charge in [-0.1, -0.05) is 29.8 Å². The van der Waals surface area contributed by atoms with Crippen molar-refractivity contribution in [2.75, 3.05) is 13.1 Å². The van der Waals surface area contributed by atoms with E-state index in [0.717, 1.165) is 29.2 Å². The summed E-state index contributed by atoms with van der Waals surface area (Å²) in [6, 6.07) is 8.34. The molecule has 3 nitrogen and oxygen atoms in total. The summed E-state index contributed by atoms with van der Waals surface area (Å²) < 4.78 is 2.01. The third-order valence-corrected chi connectivity index (χ3v) is 3.25. The monoisotopic (exact) mass is 233 g/mol. The molecule has 1 fully saturated rings. The largest absolute Gasteiger partial charge is 0.312 e. The molecule has 3 rings (SSSR count). The number of hydrogen-bond donors (Lipinski definition) is 1. The van der Waals surface area contributed by atoms with Crippen LogP contribution in [0.25, 0.3) is 11.1 Å². The van der Waals surface area contributed by atoms with E-state index < -0.39 is 0 Å². The van der Waals surface area contributed by atoms with E-state index in [9.17, 15) is 0 Å². The third kappa shape index (κ3) is 1.62. The van der Waals surface area contributed by atoms with Gasteiger partial charge in [-0.25, -0.2) is 0 Å². The molecular weight excluding hydrogens is 222 g/mol. The van der Waals surface area contributed by atoms with E-state index in [-0.39, 0.29) is 0 Å². The van der Waals surface area contributed by atoms with E-state index in [1.165, 1.54) is 0 Å². The SMILES string of the molecule is Clc1ccccc1-c1cnn(C2CNC2)c1. The highest BCUT2D eigenvalue weighted by Crippen LogP contribution is 2.27. The van der Waals surface area contributed by atoms with E-state index in [1.54, 1.807) is 0 Å². The zero-order valence-corrected chi connectivity index (χ0v) is 9.48. The van der Waals surface area contributed by atoms with Crippen LogP contribution in [0.1, 0.15) is 6.04 Å². The number of nitrogens with one attached hydrogen (secondary N) is 1. The maximum atomic E-state index is 6.15. The second kappa shape index (κ2) is 3.92. The molecular formula is C12H12ClN3. The van der Waals surface area contributed by atoms with Crippen molar-refractivity contribution < 1.29 is 0 Å². The van der Waals surface area contributed by atoms with Crippen LogP contribution < -0.4 is 5.32 Å². The van der Waals surface area contributed by atoms with Gasteiger partial charge in [0.25, 0.3) is 0 Å². The van der Waals surface area contributed by atoms with Gasteiger partial charge >= 0.3 is 0 Å². The minimum Gasteiger partial charge on any atom is -0.312 e. The van der Waals surface area contributed by atoms with Crippen LogP contribution in [0.15, 0.2) is 36.7 Å². The zero-order chi connectivity index (χ0) is 11.0. The third-order valence-electron chi connectivity index (χ3n) is 2.92. The van der Waals surface area contributed by atoms with Gasteiger partial charge in [-0.05, 0) is 6.07 Å². The molecule has 0 amide bonds. The molecule has 4 heteroatoms. The van der Waals surface area contributed by atoms with Crippen LogP contribution >= 0.6 is 11.6 Å². The number of hydrogen-bond acceptors (Lipinski definition) is 2. The highest BCUT2D eigenvalue weighted by atomic mass is 35.5. The van der Waals surface area contributed by atoms with E-state index >= 15 is 0 Å². The molecule has 0 radical (unpaired) electrons. The van der Waals surface area contributed by atoms with Crippen molar-refractivity contribution in [1.82, 2.24) is 15.1 Å². The van der Waals surface area contributed by atoms with E-state index in [0.29, 0.717) is 6.04 Å². The summed E-state index contributed by atoms with van der Waals surface area (Å²) in [5.74, 6) is 0. The minimum atomic E-state index is 0.497. The molecule has 0 saturated carbocycles. The van der Waals surface area contributed by atoms with Crippen LogP contribution in [0, 0.1) is 0 Å². The van der Waals surface area contributed by atoms with Crippen LogP contribution in [0.5, 0.6) is 0 Å². The lowest BCUT2D eigenvalue weighted by Crippen LogP contribution is -2.43. The van der Waals surface area contributed by atoms with Crippen molar-refractivity contribution >= 4 is 11.6 Å². The molecule has 0 atom stereocenters. The number of halogens is 1. The zero-order valence-electron chi connectivity index (χ0n) is 8.73. The molecule has 82 valence electrons. The first kappa shape index (κ1) is 9.87. The van der Waals surface area contributed by atoms with Gasteiger partial charge in [-0.15, -0.1) is 0 Å². The standard InChI is InChI=1S/C12H12ClN3/c13-12-4-2-1-3-11(12)9-5-15-16(8-9)10-6-14-7-10/h1-5,8,10,14H,6-7H2. The fourth-order valence-corrected chi connectivity index (χ4v) is 2.08. The lowest BCUT2D eigenvalue weighted by Gasteiger charge is -2.27. The molecule has 1 saturated heterocycles. The fourth-order valence-electron chi connectivity index (χ4n) is 1.83. The quantitative estimate of drug-likeness (QED) is 0.863. The fraction of sp³-hybridized carbons (Fsp3) is 0.250. The predicted octanol–water partition coefficient (Wildman–Crippen LogP) is 2.35. The number of aromatic nitrogens is 2. The van der Waals surface area contributed by atoms with Crippen LogP contribution in [0.4, 0.5) is 0 Å². The molecule has 0 unspecified atom stereocenters. The highest BCUT2D eigenvalue weighted by Gasteiger charge is 2.19. The average molecular weight is 234 g/mol. The van der Waals surface area contributed by atoms with Crippen molar-refractivity contribution in [3.63, 3.8) is 0 Å². The molecule has 2 heterocycles. The Kier molecular flexibility index (Phi) is 2.42. The second-order valence-corrected chi connectivity index (χ2v) is 4.41. The first-order valence-electron chi connectivity index (χ1n) is 5.34. The van der Waals surface area contributed by atoms with Gasteiger partial charge in [0.15, 0.2) is 0 Å². The van der Waals surface area contributed by atoms with E-state index in [2.05, 4.69) is 16.6 Å². The lowest BCUT2D eigenvalue weighted by molar-refractivity contribution is 0.318. The Morgan fingerprint density at radius 1 is 1.31 bits per heavy atom. The van der Waals surface area contributed by atoms with Crippen molar-refractivity contribution in [1.29, 1.82) is 0 Å². The summed E-state index contributed by atoms with van der Waals surface area (Å²) in [5, 5.41) is 8.38. The predicted molar refractivity (Wildman–Crippen MR) is 64.6 cm³/mol. The van der Waals surface area contributed by atoms with Gasteiger partial charge in [-0.3, -0.25) is 4.68 Å². The van der Waals surface area contributed by atoms with E-state index in [1.807, 2.05) is 35.1 Å². The number of nitrogens with zero attached hydrogens (tertiary/aromatic N) is 2. The molecule has 0 spiro atoms. The first-order valence-corrected chi connectivity index (χ1v) is 5.72. The molecule has 1 aromatic heterocycles. The van der Waals surface area contributed by atoms with Crippen molar-refractivity contribution in [3.8, 4) is 11.1 Å². The number of rotatable bonds is 2. The average Bonchev–Trinajstić information content (AvgIpc) is 2.65. The minimum absolute atomic E-state index is 0.497. The normalized spacial score (nSPS) is 16.1. The summed E-state index contributed by atoms with van der Waals surface area (Å²) >= 11 is 6.15. The van der Waals surface area contributed by atoms with Crippen LogP contribution in [0.3, 0.4) is 0 Å². The van der Waals surface area contributed by atoms with Crippen molar-refractivity contribution in [2.45, 2.75) is 6.04 Å². The van der Waals surface area contributed by atoms with Crippen molar-refractivity contribution in [3.05, 3.63) is 41.7 Å². The Hall–Kier alpha value is -1.32. The Labute approximate surface area is 99.0 Å². The topological polar surface area (TPSA) is 29.9 Å². The van der Waals surface area contributed by atoms with E-state index in [4.69, 9.17) is 11.6 Å². The summed E-state index contributed by atoms with van der Waals surface area (Å²) in [4.78, 5) is 0. The second-order valence-electron chi connectivity index (χ2n) is 4.00. The molecule has 16 heavy (non-hydrogen) atoms. The highest BCUT2D eigenvalue weighted by molar-refractivity contribution is 6.33. The molecule has 1 N–H and O–H groups in total. The smallest absolute Gasteiger partial charge is 0.0767 e. The van der Waals surface area contributed by atoms with Crippen LogP contribution in [-0.4, -0.2) is 22.9 Å². The molecule has 1 aliphatic heterocycles. The maximum absolute atomic E-state index is 6.15. The maximum Gasteiger partial charge on any atom is 0.0767 e. The number of benzene rings is 1.